The zero-order valence-corrected chi connectivity index (χ0v) is 12.7. The smallest absolute Gasteiger partial charge is 0.167 e. The molecule has 0 saturated heterocycles. The Morgan fingerprint density at radius 1 is 1.14 bits per heavy atom. The Balaban J connectivity index is 1.92. The summed E-state index contributed by atoms with van der Waals surface area (Å²) in [5.74, 6) is 0.715. The minimum atomic E-state index is -0.0656. The molecule has 0 bridgehead atoms. The van der Waals surface area contributed by atoms with E-state index in [9.17, 15) is 4.79 Å². The molecule has 5 heteroatoms. The van der Waals surface area contributed by atoms with E-state index < -0.39 is 0 Å². The van der Waals surface area contributed by atoms with Gasteiger partial charge in [0.1, 0.15) is 5.75 Å². The van der Waals surface area contributed by atoms with Crippen molar-refractivity contribution in [2.24, 2.45) is 0 Å². The minimum Gasteiger partial charge on any atom is -0.493 e. The van der Waals surface area contributed by atoms with Gasteiger partial charge in [-0.15, -0.1) is 0 Å². The monoisotopic (exact) mass is 321 g/mol. The first-order chi connectivity index (χ1) is 10.0. The van der Waals surface area contributed by atoms with Crippen molar-refractivity contribution >= 4 is 34.7 Å². The largest absolute Gasteiger partial charge is 0.493 e. The lowest BCUT2D eigenvalue weighted by atomic mass is 9.99. The molecule has 0 aliphatic carbocycles. The topological polar surface area (TPSA) is 52.3 Å². The molecule has 0 aromatic heterocycles. The molecule has 21 heavy (non-hydrogen) atoms. The highest BCUT2D eigenvalue weighted by atomic mass is 35.5. The van der Waals surface area contributed by atoms with Crippen molar-refractivity contribution in [3.05, 3.63) is 57.1 Å². The maximum absolute atomic E-state index is 12.4. The molecule has 0 unspecified atom stereocenters. The first-order valence-corrected chi connectivity index (χ1v) is 7.32. The fraction of sp³-hybridized carbons (Fsp3) is 0.188. The van der Waals surface area contributed by atoms with E-state index in [4.69, 9.17) is 33.7 Å². The second kappa shape index (κ2) is 5.58. The summed E-state index contributed by atoms with van der Waals surface area (Å²) in [6.45, 7) is 0.626. The second-order valence-corrected chi connectivity index (χ2v) is 5.90. The molecule has 0 spiro atoms. The Morgan fingerprint density at radius 2 is 1.90 bits per heavy atom. The van der Waals surface area contributed by atoms with Crippen LogP contribution in [-0.4, -0.2) is 12.4 Å². The van der Waals surface area contributed by atoms with Crippen LogP contribution in [0.3, 0.4) is 0 Å². The fourth-order valence-electron chi connectivity index (χ4n) is 2.53. The van der Waals surface area contributed by atoms with Gasteiger partial charge in [-0.3, -0.25) is 4.79 Å². The zero-order valence-electron chi connectivity index (χ0n) is 11.2. The molecule has 2 N–H and O–H groups in total. The molecule has 0 atom stereocenters. The molecular formula is C16H13Cl2NO2. The van der Waals surface area contributed by atoms with E-state index in [0.29, 0.717) is 27.9 Å². The van der Waals surface area contributed by atoms with Crippen LogP contribution in [0.15, 0.2) is 30.3 Å². The molecule has 1 aliphatic rings. The van der Waals surface area contributed by atoms with Crippen molar-refractivity contribution in [3.63, 3.8) is 0 Å². The normalized spacial score (nSPS) is 12.9. The number of nitrogens with two attached hydrogens (primary N) is 1. The van der Waals surface area contributed by atoms with Crippen molar-refractivity contribution in [1.82, 2.24) is 0 Å². The molecule has 0 fully saturated rings. The van der Waals surface area contributed by atoms with Gasteiger partial charge >= 0.3 is 0 Å². The van der Waals surface area contributed by atoms with Gasteiger partial charge in [-0.1, -0.05) is 23.2 Å². The molecule has 0 radical (unpaired) electrons. The van der Waals surface area contributed by atoms with Crippen LogP contribution in [0.5, 0.6) is 5.75 Å². The number of ketones is 1. The minimum absolute atomic E-state index is 0.0656. The maximum atomic E-state index is 12.4. The van der Waals surface area contributed by atoms with Gasteiger partial charge in [-0.05, 0) is 35.9 Å². The van der Waals surface area contributed by atoms with E-state index in [1.165, 1.54) is 0 Å². The Labute approximate surface area is 132 Å². The zero-order chi connectivity index (χ0) is 15.0. The molecule has 0 saturated carbocycles. The predicted molar refractivity (Wildman–Crippen MR) is 84.5 cm³/mol. The Morgan fingerprint density at radius 3 is 2.67 bits per heavy atom. The third-order valence-corrected chi connectivity index (χ3v) is 3.85. The number of nitrogen functional groups attached to an aromatic ring is 1. The lowest BCUT2D eigenvalue weighted by molar-refractivity contribution is 0.0992. The van der Waals surface area contributed by atoms with Gasteiger partial charge in [0.2, 0.25) is 0 Å². The van der Waals surface area contributed by atoms with Crippen LogP contribution in [0.2, 0.25) is 10.0 Å². The van der Waals surface area contributed by atoms with Crippen molar-refractivity contribution in [2.45, 2.75) is 12.8 Å². The summed E-state index contributed by atoms with van der Waals surface area (Å²) in [7, 11) is 0. The molecule has 1 heterocycles. The van der Waals surface area contributed by atoms with E-state index in [1.807, 2.05) is 6.07 Å². The highest BCUT2D eigenvalue weighted by Crippen LogP contribution is 2.33. The Kier molecular flexibility index (Phi) is 3.79. The van der Waals surface area contributed by atoms with Crippen molar-refractivity contribution in [2.75, 3.05) is 12.3 Å². The van der Waals surface area contributed by atoms with Gasteiger partial charge in [-0.25, -0.2) is 0 Å². The maximum Gasteiger partial charge on any atom is 0.167 e. The molecule has 2 aromatic rings. The summed E-state index contributed by atoms with van der Waals surface area (Å²) in [5, 5.41) is 1.07. The van der Waals surface area contributed by atoms with Crippen LogP contribution >= 0.6 is 23.2 Å². The van der Waals surface area contributed by atoms with Gasteiger partial charge in [0, 0.05) is 39.7 Å². The summed E-state index contributed by atoms with van der Waals surface area (Å²) in [6.07, 6.45) is 1.03. The van der Waals surface area contributed by atoms with Crippen molar-refractivity contribution in [1.29, 1.82) is 0 Å². The average Bonchev–Trinajstić information content (AvgIpc) is 2.85. The highest BCUT2D eigenvalue weighted by molar-refractivity contribution is 6.31. The Hall–Kier alpha value is -1.71. The number of hydrogen-bond acceptors (Lipinski definition) is 3. The van der Waals surface area contributed by atoms with E-state index >= 15 is 0 Å². The molecule has 3 nitrogen and oxygen atoms in total. The number of hydrogen-bond donors (Lipinski definition) is 1. The second-order valence-electron chi connectivity index (χ2n) is 5.02. The van der Waals surface area contributed by atoms with Crippen molar-refractivity contribution < 1.29 is 9.53 Å². The molecule has 3 rings (SSSR count). The first kappa shape index (κ1) is 14.2. The summed E-state index contributed by atoms with van der Waals surface area (Å²) >= 11 is 12.0. The van der Waals surface area contributed by atoms with E-state index in [0.717, 1.165) is 23.3 Å². The molecule has 2 aromatic carbocycles. The standard InChI is InChI=1S/C16H13Cl2NO2/c17-12-3-9-1-2-21-16(9)11(5-12)7-15(20)10-4-13(18)8-14(19)6-10/h3-6,8H,1-2,7,19H2. The molecule has 108 valence electrons. The molecule has 1 aliphatic heterocycles. The van der Waals surface area contributed by atoms with E-state index in [1.54, 1.807) is 24.3 Å². The van der Waals surface area contributed by atoms with Gasteiger partial charge in [0.05, 0.1) is 6.61 Å². The quantitative estimate of drug-likeness (QED) is 0.688. The number of carbonyl (C=O) groups is 1. The SMILES string of the molecule is Nc1cc(Cl)cc(C(=O)Cc2cc(Cl)cc3c2OCC3)c1. The number of rotatable bonds is 3. The third kappa shape index (κ3) is 2.99. The van der Waals surface area contributed by atoms with Crippen LogP contribution < -0.4 is 10.5 Å². The number of ether oxygens (including phenoxy) is 1. The summed E-state index contributed by atoms with van der Waals surface area (Å²) in [6, 6.07) is 8.51. The predicted octanol–water partition coefficient (Wildman–Crippen LogP) is 3.94. The van der Waals surface area contributed by atoms with Gasteiger partial charge in [0.15, 0.2) is 5.78 Å². The summed E-state index contributed by atoms with van der Waals surface area (Å²) < 4.78 is 5.61. The van der Waals surface area contributed by atoms with E-state index in [-0.39, 0.29) is 12.2 Å². The van der Waals surface area contributed by atoms with Crippen molar-refractivity contribution in [3.8, 4) is 5.75 Å². The summed E-state index contributed by atoms with van der Waals surface area (Å²) in [4.78, 5) is 12.4. The number of Topliss-reactive ketones (excluding diaryl/α,β-unsaturated/α-hetero) is 1. The van der Waals surface area contributed by atoms with Crippen LogP contribution in [0.4, 0.5) is 5.69 Å². The number of halogens is 2. The summed E-state index contributed by atoms with van der Waals surface area (Å²) in [5.41, 5.74) is 8.54. The lowest BCUT2D eigenvalue weighted by Crippen LogP contribution is -2.06. The lowest BCUT2D eigenvalue weighted by Gasteiger charge is -2.09. The average molecular weight is 322 g/mol. The van der Waals surface area contributed by atoms with Gasteiger partial charge < -0.3 is 10.5 Å². The fourth-order valence-corrected chi connectivity index (χ4v) is 3.03. The Bertz CT molecular complexity index is 708. The first-order valence-electron chi connectivity index (χ1n) is 6.56. The van der Waals surface area contributed by atoms with Crippen LogP contribution in [0.1, 0.15) is 21.5 Å². The number of fused-ring (bicyclic) bond motifs is 1. The number of benzene rings is 2. The number of anilines is 1. The molecular weight excluding hydrogens is 309 g/mol. The third-order valence-electron chi connectivity index (χ3n) is 3.42. The van der Waals surface area contributed by atoms with Crippen LogP contribution in [0.25, 0.3) is 0 Å². The van der Waals surface area contributed by atoms with Crippen LogP contribution in [0, 0.1) is 0 Å². The highest BCUT2D eigenvalue weighted by Gasteiger charge is 2.20. The van der Waals surface area contributed by atoms with Gasteiger partial charge in [0.25, 0.3) is 0 Å². The molecule has 0 amide bonds. The van der Waals surface area contributed by atoms with Gasteiger partial charge in [-0.2, -0.15) is 0 Å². The van der Waals surface area contributed by atoms with Crippen LogP contribution in [-0.2, 0) is 12.8 Å². The van der Waals surface area contributed by atoms with E-state index in [2.05, 4.69) is 0 Å². The number of carbonyl (C=O) groups excluding carboxylic acids is 1.